The van der Waals surface area contributed by atoms with Gasteiger partial charge in [0.1, 0.15) is 5.78 Å². The molecular formula is C27H36FN5O2S. The van der Waals surface area contributed by atoms with Crippen LogP contribution in [-0.4, -0.2) is 45.9 Å². The summed E-state index contributed by atoms with van der Waals surface area (Å²) in [5.41, 5.74) is 3.12. The van der Waals surface area contributed by atoms with E-state index in [1.54, 1.807) is 26.2 Å². The topological polar surface area (TPSA) is 88.4 Å². The van der Waals surface area contributed by atoms with Gasteiger partial charge in [-0.3, -0.25) is 19.6 Å². The van der Waals surface area contributed by atoms with Crippen molar-refractivity contribution in [2.45, 2.75) is 52.5 Å². The largest absolute Gasteiger partial charge is 0.381 e. The highest BCUT2D eigenvalue weighted by Crippen LogP contribution is 2.28. The zero-order chi connectivity index (χ0) is 26.2. The third-order valence-electron chi connectivity index (χ3n) is 6.40. The van der Waals surface area contributed by atoms with Gasteiger partial charge in [-0.1, -0.05) is 6.58 Å². The third kappa shape index (κ3) is 7.61. The minimum atomic E-state index is -0.447. The molecule has 2 aromatic rings. The maximum atomic E-state index is 14.6. The van der Waals surface area contributed by atoms with Gasteiger partial charge in [-0.25, -0.2) is 4.39 Å². The van der Waals surface area contributed by atoms with Crippen molar-refractivity contribution in [3.8, 4) is 0 Å². The lowest BCUT2D eigenvalue weighted by molar-refractivity contribution is -0.114. The highest BCUT2D eigenvalue weighted by molar-refractivity contribution is 8.03. The molecule has 0 aromatic carbocycles. The Morgan fingerprint density at radius 1 is 1.28 bits per heavy atom. The number of aromatic nitrogens is 2. The summed E-state index contributed by atoms with van der Waals surface area (Å²) in [4.78, 5) is 32.9. The Balaban J connectivity index is 1.50. The van der Waals surface area contributed by atoms with Crippen molar-refractivity contribution in [3.63, 3.8) is 0 Å². The first-order chi connectivity index (χ1) is 17.2. The standard InChI is InChI=1S/C27H36FN5O2S/c1-17(2)24(36-16-19(4)34)15-29-18(3)12-30-21-8-6-20(7-9-21)13-32-26-22(28)14-31-23-10-11-25(35)33(5)27(23)26/h10-11,14-15,20-21,30H,1,6-9,12-13,16H2,2-5H3,(H,31,32)/b24-15+,29-18+/t20-,21-. The fourth-order valence-corrected chi connectivity index (χ4v) is 5.00. The molecule has 9 heteroatoms. The number of pyridine rings is 2. The Morgan fingerprint density at radius 2 is 2.00 bits per heavy atom. The minimum Gasteiger partial charge on any atom is -0.381 e. The lowest BCUT2D eigenvalue weighted by Gasteiger charge is -2.29. The summed E-state index contributed by atoms with van der Waals surface area (Å²) in [7, 11) is 1.64. The van der Waals surface area contributed by atoms with Gasteiger partial charge in [0, 0.05) is 49.1 Å². The van der Waals surface area contributed by atoms with Crippen LogP contribution in [0.5, 0.6) is 0 Å². The summed E-state index contributed by atoms with van der Waals surface area (Å²) in [6.07, 6.45) is 7.15. The molecule has 2 aromatic heterocycles. The Bertz CT molecular complexity index is 1230. The summed E-state index contributed by atoms with van der Waals surface area (Å²) < 4.78 is 16.0. The minimum absolute atomic E-state index is 0.130. The molecule has 36 heavy (non-hydrogen) atoms. The molecule has 0 saturated heterocycles. The van der Waals surface area contributed by atoms with Crippen molar-refractivity contribution in [1.29, 1.82) is 0 Å². The van der Waals surface area contributed by atoms with E-state index in [1.807, 2.05) is 13.8 Å². The quantitative estimate of drug-likeness (QED) is 0.330. The lowest BCUT2D eigenvalue weighted by Crippen LogP contribution is -2.37. The van der Waals surface area contributed by atoms with Crippen LogP contribution in [0.25, 0.3) is 11.0 Å². The number of ketones is 1. The van der Waals surface area contributed by atoms with E-state index in [0.717, 1.165) is 41.9 Å². The van der Waals surface area contributed by atoms with Crippen LogP contribution < -0.4 is 16.2 Å². The van der Waals surface area contributed by atoms with Gasteiger partial charge >= 0.3 is 0 Å². The van der Waals surface area contributed by atoms with E-state index >= 15 is 0 Å². The molecule has 3 rings (SSSR count). The van der Waals surface area contributed by atoms with Crippen LogP contribution in [0, 0.1) is 11.7 Å². The Labute approximate surface area is 216 Å². The van der Waals surface area contributed by atoms with Crippen molar-refractivity contribution in [1.82, 2.24) is 14.9 Å². The number of hydrogen-bond donors (Lipinski definition) is 2. The number of carbonyl (C=O) groups is 1. The molecule has 0 atom stereocenters. The van der Waals surface area contributed by atoms with Crippen molar-refractivity contribution >= 4 is 40.0 Å². The predicted molar refractivity (Wildman–Crippen MR) is 148 cm³/mol. The second kappa shape index (κ2) is 13.0. The zero-order valence-electron chi connectivity index (χ0n) is 21.6. The molecule has 2 N–H and O–H groups in total. The van der Waals surface area contributed by atoms with Crippen LogP contribution in [0.4, 0.5) is 10.1 Å². The highest BCUT2D eigenvalue weighted by atomic mass is 32.2. The average Bonchev–Trinajstić information content (AvgIpc) is 2.84. The van der Waals surface area contributed by atoms with Crippen molar-refractivity contribution in [2.24, 2.45) is 18.0 Å². The Hall–Kier alpha value is -2.78. The summed E-state index contributed by atoms with van der Waals surface area (Å²) in [6.45, 7) is 10.8. The number of allylic oxidation sites excluding steroid dienone is 1. The van der Waals surface area contributed by atoms with Gasteiger partial charge in [-0.15, -0.1) is 11.8 Å². The first-order valence-corrected chi connectivity index (χ1v) is 13.3. The maximum absolute atomic E-state index is 14.6. The number of anilines is 1. The van der Waals surface area contributed by atoms with Gasteiger partial charge < -0.3 is 15.2 Å². The summed E-state index contributed by atoms with van der Waals surface area (Å²) >= 11 is 1.47. The van der Waals surface area contributed by atoms with E-state index in [1.165, 1.54) is 28.6 Å². The molecule has 1 saturated carbocycles. The molecule has 0 amide bonds. The fourth-order valence-electron chi connectivity index (χ4n) is 4.27. The highest BCUT2D eigenvalue weighted by Gasteiger charge is 2.22. The first-order valence-electron chi connectivity index (χ1n) is 12.3. The molecule has 0 unspecified atom stereocenters. The summed E-state index contributed by atoms with van der Waals surface area (Å²) in [5, 5.41) is 6.86. The van der Waals surface area contributed by atoms with Gasteiger partial charge in [-0.05, 0) is 64.0 Å². The van der Waals surface area contributed by atoms with Crippen molar-refractivity contribution in [2.75, 3.05) is 24.2 Å². The van der Waals surface area contributed by atoms with E-state index < -0.39 is 5.82 Å². The number of nitrogens with one attached hydrogen (secondary N) is 2. The number of aliphatic imine (C=N–C) groups is 1. The van der Waals surface area contributed by atoms with Crippen LogP contribution in [0.2, 0.25) is 0 Å². The van der Waals surface area contributed by atoms with Gasteiger partial charge in [-0.2, -0.15) is 0 Å². The van der Waals surface area contributed by atoms with E-state index in [2.05, 4.69) is 27.2 Å². The Morgan fingerprint density at radius 3 is 2.67 bits per heavy atom. The Kier molecular flexibility index (Phi) is 10.0. The fraction of sp³-hybridized carbons (Fsp3) is 0.481. The SMILES string of the molecule is C=C(C)/C(=C\N=C(/C)CN[C@H]1CC[C@H](CNc2c(F)cnc3ccc(=O)n(C)c23)CC1)SCC(C)=O. The van der Waals surface area contributed by atoms with Gasteiger partial charge in [0.05, 0.1) is 28.7 Å². The molecule has 194 valence electrons. The molecule has 0 spiro atoms. The van der Waals surface area contributed by atoms with Gasteiger partial charge in [0.15, 0.2) is 5.82 Å². The number of aryl methyl sites for hydroxylation is 1. The number of rotatable bonds is 11. The van der Waals surface area contributed by atoms with Gasteiger partial charge in [0.2, 0.25) is 0 Å². The number of hydrogen-bond acceptors (Lipinski definition) is 7. The molecule has 7 nitrogen and oxygen atoms in total. The average molecular weight is 514 g/mol. The van der Waals surface area contributed by atoms with Crippen LogP contribution in [0.15, 0.2) is 51.4 Å². The predicted octanol–water partition coefficient (Wildman–Crippen LogP) is 4.83. The molecule has 1 aliphatic rings. The first kappa shape index (κ1) is 27.8. The van der Waals surface area contributed by atoms with Gasteiger partial charge in [0.25, 0.3) is 5.56 Å². The monoisotopic (exact) mass is 513 g/mol. The maximum Gasteiger partial charge on any atom is 0.250 e. The van der Waals surface area contributed by atoms with Crippen molar-refractivity contribution < 1.29 is 9.18 Å². The number of thioether (sulfide) groups is 1. The molecule has 0 aliphatic heterocycles. The van der Waals surface area contributed by atoms with Crippen LogP contribution in [0.1, 0.15) is 46.5 Å². The zero-order valence-corrected chi connectivity index (χ0v) is 22.4. The number of halogens is 1. The van der Waals surface area contributed by atoms with Crippen LogP contribution in [-0.2, 0) is 11.8 Å². The molecule has 2 heterocycles. The molecular weight excluding hydrogens is 477 g/mol. The molecule has 1 fully saturated rings. The molecule has 0 radical (unpaired) electrons. The number of fused-ring (bicyclic) bond motifs is 1. The number of Topliss-reactive ketones (excluding diaryl/α,β-unsaturated/α-hetero) is 1. The molecule has 1 aliphatic carbocycles. The van der Waals surface area contributed by atoms with Crippen LogP contribution in [0.3, 0.4) is 0 Å². The third-order valence-corrected chi connectivity index (χ3v) is 7.72. The number of carbonyl (C=O) groups excluding carboxylic acids is 1. The second-order valence-electron chi connectivity index (χ2n) is 9.55. The van der Waals surface area contributed by atoms with Crippen LogP contribution >= 0.6 is 11.8 Å². The normalized spacial score (nSPS) is 18.9. The van der Waals surface area contributed by atoms with E-state index in [-0.39, 0.29) is 11.3 Å². The number of nitrogens with zero attached hydrogens (tertiary/aromatic N) is 3. The lowest BCUT2D eigenvalue weighted by atomic mass is 9.86. The van der Waals surface area contributed by atoms with E-state index in [9.17, 15) is 14.0 Å². The van der Waals surface area contributed by atoms with E-state index in [0.29, 0.717) is 47.5 Å². The van der Waals surface area contributed by atoms with Crippen molar-refractivity contribution in [3.05, 3.63) is 57.8 Å². The smallest absolute Gasteiger partial charge is 0.250 e. The summed E-state index contributed by atoms with van der Waals surface area (Å²) in [5.74, 6) is 0.536. The van der Waals surface area contributed by atoms with E-state index in [4.69, 9.17) is 0 Å². The summed E-state index contributed by atoms with van der Waals surface area (Å²) in [6, 6.07) is 3.49. The molecule has 0 bridgehead atoms. The second-order valence-corrected chi connectivity index (χ2v) is 10.6.